The lowest BCUT2D eigenvalue weighted by Crippen LogP contribution is -2.50. The predicted molar refractivity (Wildman–Crippen MR) is 78.0 cm³/mol. The summed E-state index contributed by atoms with van der Waals surface area (Å²) in [6, 6.07) is 8.17. The van der Waals surface area contributed by atoms with Crippen LogP contribution in [0.5, 0.6) is 5.75 Å². The van der Waals surface area contributed by atoms with E-state index in [1.54, 1.807) is 0 Å². The van der Waals surface area contributed by atoms with Crippen LogP contribution in [-0.2, 0) is 4.74 Å². The van der Waals surface area contributed by atoms with Gasteiger partial charge < -0.3 is 14.8 Å². The molecule has 0 unspecified atom stereocenters. The van der Waals surface area contributed by atoms with Gasteiger partial charge in [-0.2, -0.15) is 0 Å². The van der Waals surface area contributed by atoms with Crippen LogP contribution < -0.4 is 10.1 Å². The highest BCUT2D eigenvalue weighted by Crippen LogP contribution is 2.26. The van der Waals surface area contributed by atoms with Gasteiger partial charge in [0.2, 0.25) is 0 Å². The number of alkyl carbamates (subject to hydrolysis) is 1. The second-order valence-corrected chi connectivity index (χ2v) is 6.37. The van der Waals surface area contributed by atoms with Gasteiger partial charge >= 0.3 is 6.09 Å². The van der Waals surface area contributed by atoms with E-state index >= 15 is 0 Å². The van der Waals surface area contributed by atoms with Gasteiger partial charge in [-0.05, 0) is 39.8 Å². The normalized spacial score (nSPS) is 21.8. The maximum Gasteiger partial charge on any atom is 0.407 e. The van der Waals surface area contributed by atoms with E-state index in [1.807, 2.05) is 52.0 Å². The highest BCUT2D eigenvalue weighted by molar-refractivity contribution is 5.68. The Labute approximate surface area is 120 Å². The molecule has 110 valence electrons. The quantitative estimate of drug-likeness (QED) is 0.920. The summed E-state index contributed by atoms with van der Waals surface area (Å²) in [6.45, 7) is 7.62. The molecule has 4 heteroatoms. The first-order chi connectivity index (χ1) is 9.32. The maximum atomic E-state index is 11.6. The lowest BCUT2D eigenvalue weighted by atomic mass is 9.89. The number of carbonyl (C=O) groups excluding carboxylic acids is 1. The maximum absolute atomic E-state index is 11.6. The third-order valence-corrected chi connectivity index (χ3v) is 3.14. The van der Waals surface area contributed by atoms with Gasteiger partial charge in [0.25, 0.3) is 0 Å². The van der Waals surface area contributed by atoms with Gasteiger partial charge in [-0.15, -0.1) is 0 Å². The second kappa shape index (κ2) is 5.73. The SMILES string of the molecule is Cc1ccc(OC2CC(NC(=O)OC(C)(C)C)C2)cc1. The molecule has 0 bridgehead atoms. The number of ether oxygens (including phenoxy) is 2. The second-order valence-electron chi connectivity index (χ2n) is 6.37. The molecule has 0 aliphatic heterocycles. The molecule has 0 heterocycles. The Bertz CT molecular complexity index is 456. The van der Waals surface area contributed by atoms with Crippen LogP contribution in [0.3, 0.4) is 0 Å². The molecule has 0 saturated heterocycles. The van der Waals surface area contributed by atoms with E-state index in [-0.39, 0.29) is 18.2 Å². The van der Waals surface area contributed by atoms with E-state index in [1.165, 1.54) is 5.56 Å². The molecule has 1 amide bonds. The summed E-state index contributed by atoms with van der Waals surface area (Å²) in [5.41, 5.74) is 0.765. The average molecular weight is 277 g/mol. The molecular formula is C16H23NO3. The molecular weight excluding hydrogens is 254 g/mol. The standard InChI is InChI=1S/C16H23NO3/c1-11-5-7-13(8-6-11)19-14-9-12(10-14)17-15(18)20-16(2,3)4/h5-8,12,14H,9-10H2,1-4H3,(H,17,18). The molecule has 0 atom stereocenters. The number of aryl methyl sites for hydroxylation is 1. The van der Waals surface area contributed by atoms with Crippen molar-refractivity contribution in [2.75, 3.05) is 0 Å². The summed E-state index contributed by atoms with van der Waals surface area (Å²) in [7, 11) is 0. The van der Waals surface area contributed by atoms with Crippen molar-refractivity contribution in [3.05, 3.63) is 29.8 Å². The van der Waals surface area contributed by atoms with Crippen molar-refractivity contribution >= 4 is 6.09 Å². The van der Waals surface area contributed by atoms with Crippen molar-refractivity contribution in [3.8, 4) is 5.75 Å². The van der Waals surface area contributed by atoms with Crippen molar-refractivity contribution < 1.29 is 14.3 Å². The van der Waals surface area contributed by atoms with Crippen molar-refractivity contribution in [1.29, 1.82) is 0 Å². The van der Waals surface area contributed by atoms with Crippen molar-refractivity contribution in [1.82, 2.24) is 5.32 Å². The van der Waals surface area contributed by atoms with E-state index in [2.05, 4.69) is 5.32 Å². The van der Waals surface area contributed by atoms with Crippen molar-refractivity contribution in [2.24, 2.45) is 0 Å². The number of nitrogens with one attached hydrogen (secondary N) is 1. The molecule has 1 aromatic carbocycles. The molecule has 0 spiro atoms. The zero-order valence-electron chi connectivity index (χ0n) is 12.6. The minimum Gasteiger partial charge on any atom is -0.490 e. The average Bonchev–Trinajstić information content (AvgIpc) is 2.26. The third-order valence-electron chi connectivity index (χ3n) is 3.14. The van der Waals surface area contributed by atoms with Crippen LogP contribution in [0.4, 0.5) is 4.79 Å². The third kappa shape index (κ3) is 4.44. The predicted octanol–water partition coefficient (Wildman–Crippen LogP) is 3.43. The molecule has 20 heavy (non-hydrogen) atoms. The lowest BCUT2D eigenvalue weighted by molar-refractivity contribution is 0.0363. The van der Waals surface area contributed by atoms with Gasteiger partial charge in [0.15, 0.2) is 0 Å². The first-order valence-electron chi connectivity index (χ1n) is 7.05. The largest absolute Gasteiger partial charge is 0.490 e. The number of carbonyl (C=O) groups is 1. The minimum absolute atomic E-state index is 0.153. The molecule has 0 aromatic heterocycles. The molecule has 4 nitrogen and oxygen atoms in total. The first kappa shape index (κ1) is 14.7. The van der Waals surface area contributed by atoms with Gasteiger partial charge in [-0.25, -0.2) is 4.79 Å². The molecule has 1 fully saturated rings. The number of benzene rings is 1. The Hall–Kier alpha value is -1.71. The van der Waals surface area contributed by atoms with Crippen LogP contribution >= 0.6 is 0 Å². The van der Waals surface area contributed by atoms with E-state index in [0.717, 1.165) is 18.6 Å². The zero-order chi connectivity index (χ0) is 14.8. The molecule has 1 aliphatic rings. The van der Waals surface area contributed by atoms with E-state index in [4.69, 9.17) is 9.47 Å². The molecule has 1 N–H and O–H groups in total. The van der Waals surface area contributed by atoms with Crippen LogP contribution in [0.2, 0.25) is 0 Å². The van der Waals surface area contributed by atoms with Crippen LogP contribution in [0.15, 0.2) is 24.3 Å². The summed E-state index contributed by atoms with van der Waals surface area (Å²) in [5.74, 6) is 0.885. The van der Waals surface area contributed by atoms with Gasteiger partial charge in [-0.3, -0.25) is 0 Å². The number of amides is 1. The summed E-state index contributed by atoms with van der Waals surface area (Å²) < 4.78 is 11.0. The number of hydrogen-bond donors (Lipinski definition) is 1. The van der Waals surface area contributed by atoms with E-state index in [0.29, 0.717) is 0 Å². The zero-order valence-corrected chi connectivity index (χ0v) is 12.6. The molecule has 1 saturated carbocycles. The summed E-state index contributed by atoms with van der Waals surface area (Å²) >= 11 is 0. The van der Waals surface area contributed by atoms with Crippen LogP contribution in [0.25, 0.3) is 0 Å². The first-order valence-corrected chi connectivity index (χ1v) is 7.05. The summed E-state index contributed by atoms with van der Waals surface area (Å²) in [5, 5.41) is 2.86. The smallest absolute Gasteiger partial charge is 0.407 e. The van der Waals surface area contributed by atoms with Crippen molar-refractivity contribution in [3.63, 3.8) is 0 Å². The van der Waals surface area contributed by atoms with E-state index < -0.39 is 5.60 Å². The number of hydrogen-bond acceptors (Lipinski definition) is 3. The van der Waals surface area contributed by atoms with Gasteiger partial charge in [0, 0.05) is 18.9 Å². The minimum atomic E-state index is -0.453. The molecule has 1 aromatic rings. The summed E-state index contributed by atoms with van der Waals surface area (Å²) in [6.07, 6.45) is 1.48. The molecule has 0 radical (unpaired) electrons. The highest BCUT2D eigenvalue weighted by Gasteiger charge is 2.33. The fourth-order valence-electron chi connectivity index (χ4n) is 2.06. The Morgan fingerprint density at radius 3 is 2.35 bits per heavy atom. The fraction of sp³-hybridized carbons (Fsp3) is 0.562. The van der Waals surface area contributed by atoms with Crippen molar-refractivity contribution in [2.45, 2.75) is 58.3 Å². The van der Waals surface area contributed by atoms with E-state index in [9.17, 15) is 4.79 Å². The van der Waals surface area contributed by atoms with Gasteiger partial charge in [-0.1, -0.05) is 17.7 Å². The summed E-state index contributed by atoms with van der Waals surface area (Å²) in [4.78, 5) is 11.6. The Balaban J connectivity index is 1.70. The fourth-order valence-corrected chi connectivity index (χ4v) is 2.06. The Kier molecular flexibility index (Phi) is 4.21. The topological polar surface area (TPSA) is 47.6 Å². The van der Waals surface area contributed by atoms with Crippen LogP contribution in [0, 0.1) is 6.92 Å². The van der Waals surface area contributed by atoms with Crippen LogP contribution in [0.1, 0.15) is 39.2 Å². The van der Waals surface area contributed by atoms with Crippen LogP contribution in [-0.4, -0.2) is 23.8 Å². The molecule has 1 aliphatic carbocycles. The monoisotopic (exact) mass is 277 g/mol. The molecule has 2 rings (SSSR count). The number of rotatable bonds is 3. The van der Waals surface area contributed by atoms with Gasteiger partial charge in [0.05, 0.1) is 0 Å². The lowest BCUT2D eigenvalue weighted by Gasteiger charge is -2.36. The highest BCUT2D eigenvalue weighted by atomic mass is 16.6. The van der Waals surface area contributed by atoms with Gasteiger partial charge in [0.1, 0.15) is 17.5 Å². The Morgan fingerprint density at radius 2 is 1.80 bits per heavy atom. The Morgan fingerprint density at radius 1 is 1.20 bits per heavy atom.